The van der Waals surface area contributed by atoms with Crippen LogP contribution in [0.4, 0.5) is 5.13 Å². The minimum absolute atomic E-state index is 0.0798. The molecular formula is C17H19N3O3S. The van der Waals surface area contributed by atoms with Crippen molar-refractivity contribution in [3.05, 3.63) is 35.2 Å². The molecule has 126 valence electrons. The van der Waals surface area contributed by atoms with Crippen LogP contribution in [0.25, 0.3) is 11.3 Å². The summed E-state index contributed by atoms with van der Waals surface area (Å²) >= 11 is 1.36. The van der Waals surface area contributed by atoms with Gasteiger partial charge in [-0.3, -0.25) is 14.5 Å². The molecule has 1 aromatic carbocycles. The molecule has 1 aliphatic heterocycles. The van der Waals surface area contributed by atoms with Crippen LogP contribution in [0.5, 0.6) is 0 Å². The van der Waals surface area contributed by atoms with Crippen LogP contribution in [0.1, 0.15) is 18.4 Å². The van der Waals surface area contributed by atoms with E-state index in [1.54, 1.807) is 4.90 Å². The van der Waals surface area contributed by atoms with Gasteiger partial charge in [-0.15, -0.1) is 11.3 Å². The number of rotatable bonds is 5. The number of carbonyl (C=O) groups is 2. The van der Waals surface area contributed by atoms with Crippen LogP contribution >= 0.6 is 11.3 Å². The van der Waals surface area contributed by atoms with E-state index < -0.39 is 12.0 Å². The third-order valence-electron chi connectivity index (χ3n) is 4.09. The first kappa shape index (κ1) is 16.6. The van der Waals surface area contributed by atoms with Gasteiger partial charge in [-0.25, -0.2) is 4.98 Å². The summed E-state index contributed by atoms with van der Waals surface area (Å²) in [6.07, 6.45) is 1.40. The monoisotopic (exact) mass is 345 g/mol. The molecular weight excluding hydrogens is 326 g/mol. The lowest BCUT2D eigenvalue weighted by molar-refractivity contribution is -0.142. The molecule has 1 fully saturated rings. The number of thiazole rings is 1. The van der Waals surface area contributed by atoms with Crippen molar-refractivity contribution in [2.45, 2.75) is 25.8 Å². The average molecular weight is 345 g/mol. The smallest absolute Gasteiger partial charge is 0.320 e. The van der Waals surface area contributed by atoms with Gasteiger partial charge in [0.2, 0.25) is 5.91 Å². The van der Waals surface area contributed by atoms with Crippen molar-refractivity contribution in [1.82, 2.24) is 9.88 Å². The highest BCUT2D eigenvalue weighted by Crippen LogP contribution is 2.25. The second-order valence-electron chi connectivity index (χ2n) is 5.92. The van der Waals surface area contributed by atoms with Crippen LogP contribution in [0.3, 0.4) is 0 Å². The summed E-state index contributed by atoms with van der Waals surface area (Å²) in [6.45, 7) is 2.74. The molecule has 0 aliphatic carbocycles. The highest BCUT2D eigenvalue weighted by Gasteiger charge is 2.31. The number of carboxylic acids is 1. The number of anilines is 1. The quantitative estimate of drug-likeness (QED) is 0.870. The summed E-state index contributed by atoms with van der Waals surface area (Å²) in [5.74, 6) is -1.09. The maximum Gasteiger partial charge on any atom is 0.320 e. The van der Waals surface area contributed by atoms with Crippen LogP contribution in [-0.4, -0.2) is 46.0 Å². The molecule has 0 bridgehead atoms. The third-order valence-corrected chi connectivity index (χ3v) is 4.85. The Kier molecular flexibility index (Phi) is 4.92. The van der Waals surface area contributed by atoms with E-state index in [4.69, 9.17) is 5.11 Å². The number of aryl methyl sites for hydroxylation is 1. The van der Waals surface area contributed by atoms with Crippen LogP contribution in [0.2, 0.25) is 0 Å². The first-order valence-electron chi connectivity index (χ1n) is 7.82. The lowest BCUT2D eigenvalue weighted by Crippen LogP contribution is -2.40. The molecule has 1 aromatic heterocycles. The van der Waals surface area contributed by atoms with Crippen LogP contribution in [0, 0.1) is 6.92 Å². The molecule has 0 radical (unpaired) electrons. The van der Waals surface area contributed by atoms with Gasteiger partial charge < -0.3 is 10.4 Å². The normalized spacial score (nSPS) is 17.8. The average Bonchev–Trinajstić information content (AvgIpc) is 3.17. The molecule has 3 rings (SSSR count). The maximum absolute atomic E-state index is 12.1. The van der Waals surface area contributed by atoms with E-state index >= 15 is 0 Å². The molecule has 0 saturated carbocycles. The van der Waals surface area contributed by atoms with E-state index in [0.29, 0.717) is 18.1 Å². The molecule has 1 saturated heterocycles. The minimum atomic E-state index is -0.865. The van der Waals surface area contributed by atoms with E-state index in [1.807, 2.05) is 36.6 Å². The Bertz CT molecular complexity index is 742. The van der Waals surface area contributed by atoms with Crippen molar-refractivity contribution in [2.75, 3.05) is 18.4 Å². The fraction of sp³-hybridized carbons (Fsp3) is 0.353. The van der Waals surface area contributed by atoms with Crippen LogP contribution in [0.15, 0.2) is 29.6 Å². The van der Waals surface area contributed by atoms with Crippen molar-refractivity contribution in [2.24, 2.45) is 0 Å². The highest BCUT2D eigenvalue weighted by molar-refractivity contribution is 7.14. The third kappa shape index (κ3) is 3.80. The standard InChI is InChI=1S/C17H19N3O3S/c1-11-4-6-12(7-5-11)13-10-24-17(18-13)19-15(21)9-20-8-2-3-14(20)16(22)23/h4-7,10,14H,2-3,8-9H2,1H3,(H,22,23)(H,18,19,21). The van der Waals surface area contributed by atoms with Gasteiger partial charge in [0.15, 0.2) is 5.13 Å². The zero-order chi connectivity index (χ0) is 17.1. The lowest BCUT2D eigenvalue weighted by atomic mass is 10.1. The first-order valence-corrected chi connectivity index (χ1v) is 8.70. The molecule has 24 heavy (non-hydrogen) atoms. The van der Waals surface area contributed by atoms with E-state index in [0.717, 1.165) is 17.7 Å². The molecule has 6 nitrogen and oxygen atoms in total. The Labute approximate surface area is 144 Å². The summed E-state index contributed by atoms with van der Waals surface area (Å²) < 4.78 is 0. The zero-order valence-corrected chi connectivity index (χ0v) is 14.2. The van der Waals surface area contributed by atoms with Gasteiger partial charge in [-0.2, -0.15) is 0 Å². The molecule has 1 amide bonds. The van der Waals surface area contributed by atoms with E-state index in [9.17, 15) is 9.59 Å². The zero-order valence-electron chi connectivity index (χ0n) is 13.4. The predicted octanol–water partition coefficient (Wildman–Crippen LogP) is 2.61. The Hall–Kier alpha value is -2.25. The molecule has 1 aliphatic rings. The Morgan fingerprint density at radius 1 is 1.38 bits per heavy atom. The Balaban J connectivity index is 1.61. The second kappa shape index (κ2) is 7.11. The summed E-state index contributed by atoms with van der Waals surface area (Å²) in [5.41, 5.74) is 3.00. The molecule has 0 spiro atoms. The lowest BCUT2D eigenvalue weighted by Gasteiger charge is -2.19. The fourth-order valence-corrected chi connectivity index (χ4v) is 3.56. The minimum Gasteiger partial charge on any atom is -0.480 e. The summed E-state index contributed by atoms with van der Waals surface area (Å²) in [6, 6.07) is 7.48. The summed E-state index contributed by atoms with van der Waals surface area (Å²) in [5, 5.41) is 14.3. The van der Waals surface area contributed by atoms with Crippen molar-refractivity contribution >= 4 is 28.3 Å². The SMILES string of the molecule is Cc1ccc(-c2csc(NC(=O)CN3CCCC3C(=O)O)n2)cc1. The summed E-state index contributed by atoms with van der Waals surface area (Å²) in [4.78, 5) is 29.4. The number of aromatic nitrogens is 1. The second-order valence-corrected chi connectivity index (χ2v) is 6.78. The molecule has 2 aromatic rings. The van der Waals surface area contributed by atoms with Crippen molar-refractivity contribution < 1.29 is 14.7 Å². The van der Waals surface area contributed by atoms with Crippen LogP contribution in [-0.2, 0) is 9.59 Å². The summed E-state index contributed by atoms with van der Waals surface area (Å²) in [7, 11) is 0. The topological polar surface area (TPSA) is 82.5 Å². The van der Waals surface area contributed by atoms with Crippen molar-refractivity contribution in [3.63, 3.8) is 0 Å². The number of carboxylic acid groups (broad SMARTS) is 1. The molecule has 2 N–H and O–H groups in total. The number of hydrogen-bond acceptors (Lipinski definition) is 5. The number of nitrogens with one attached hydrogen (secondary N) is 1. The fourth-order valence-electron chi connectivity index (χ4n) is 2.83. The van der Waals surface area contributed by atoms with Crippen molar-refractivity contribution in [3.8, 4) is 11.3 Å². The van der Waals surface area contributed by atoms with E-state index in [2.05, 4.69) is 10.3 Å². The number of carbonyl (C=O) groups excluding carboxylic acids is 1. The van der Waals surface area contributed by atoms with Gasteiger partial charge in [0.1, 0.15) is 6.04 Å². The predicted molar refractivity (Wildman–Crippen MR) is 93.1 cm³/mol. The molecule has 1 atom stereocenters. The number of amides is 1. The number of benzene rings is 1. The largest absolute Gasteiger partial charge is 0.480 e. The number of aliphatic carboxylic acids is 1. The van der Waals surface area contributed by atoms with Gasteiger partial charge >= 0.3 is 5.97 Å². The first-order chi connectivity index (χ1) is 11.5. The van der Waals surface area contributed by atoms with E-state index in [-0.39, 0.29) is 12.5 Å². The Morgan fingerprint density at radius 3 is 2.83 bits per heavy atom. The van der Waals surface area contributed by atoms with Gasteiger partial charge in [-0.1, -0.05) is 29.8 Å². The van der Waals surface area contributed by atoms with Gasteiger partial charge in [-0.05, 0) is 26.3 Å². The maximum atomic E-state index is 12.1. The van der Waals surface area contributed by atoms with Crippen molar-refractivity contribution in [1.29, 1.82) is 0 Å². The molecule has 1 unspecified atom stereocenters. The van der Waals surface area contributed by atoms with E-state index in [1.165, 1.54) is 16.9 Å². The van der Waals surface area contributed by atoms with Gasteiger partial charge in [0.05, 0.1) is 12.2 Å². The Morgan fingerprint density at radius 2 is 2.12 bits per heavy atom. The number of nitrogens with zero attached hydrogens (tertiary/aromatic N) is 2. The van der Waals surface area contributed by atoms with Gasteiger partial charge in [0, 0.05) is 10.9 Å². The molecule has 7 heteroatoms. The van der Waals surface area contributed by atoms with Crippen LogP contribution < -0.4 is 5.32 Å². The van der Waals surface area contributed by atoms with Gasteiger partial charge in [0.25, 0.3) is 0 Å². The number of hydrogen-bond donors (Lipinski definition) is 2. The highest BCUT2D eigenvalue weighted by atomic mass is 32.1. The molecule has 2 heterocycles. The number of likely N-dealkylation sites (tertiary alicyclic amines) is 1.